The maximum atomic E-state index is 13.4. The van der Waals surface area contributed by atoms with Crippen molar-refractivity contribution in [3.8, 4) is 0 Å². The van der Waals surface area contributed by atoms with Crippen LogP contribution in [0.2, 0.25) is 5.02 Å². The minimum atomic E-state index is -4.26. The molecule has 4 rings (SSSR count). The van der Waals surface area contributed by atoms with Crippen molar-refractivity contribution >= 4 is 60.2 Å². The van der Waals surface area contributed by atoms with Crippen LogP contribution in [0.4, 0.5) is 0 Å². The molecule has 0 bridgehead atoms. The van der Waals surface area contributed by atoms with Crippen molar-refractivity contribution in [1.29, 1.82) is 0 Å². The molecule has 0 aliphatic carbocycles. The minimum Gasteiger partial charge on any atom is -0.463 e. The first-order valence-electron chi connectivity index (χ1n) is 9.30. The van der Waals surface area contributed by atoms with E-state index in [1.807, 2.05) is 0 Å². The van der Waals surface area contributed by atoms with Crippen LogP contribution in [-0.2, 0) is 9.84 Å². The van der Waals surface area contributed by atoms with E-state index in [4.69, 9.17) is 16.0 Å². The summed E-state index contributed by atoms with van der Waals surface area (Å²) in [5.74, 6) is -0.737. The van der Waals surface area contributed by atoms with Crippen LogP contribution >= 0.6 is 27.5 Å². The minimum absolute atomic E-state index is 0.0792. The number of ketones is 1. The zero-order chi connectivity index (χ0) is 22.9. The molecule has 8 heteroatoms. The summed E-state index contributed by atoms with van der Waals surface area (Å²) in [5.41, 5.74) is -0.117. The lowest BCUT2D eigenvalue weighted by Gasteiger charge is -2.10. The smallest absolute Gasteiger partial charge is 0.210 e. The van der Waals surface area contributed by atoms with Gasteiger partial charge in [0.2, 0.25) is 15.6 Å². The fourth-order valence-electron chi connectivity index (χ4n) is 3.10. The maximum Gasteiger partial charge on any atom is 0.210 e. The van der Waals surface area contributed by atoms with Crippen molar-refractivity contribution in [3.63, 3.8) is 0 Å². The Morgan fingerprint density at radius 2 is 1.66 bits per heavy atom. The van der Waals surface area contributed by atoms with Crippen molar-refractivity contribution < 1.29 is 17.6 Å². The van der Waals surface area contributed by atoms with E-state index in [0.29, 0.717) is 15.1 Å². The number of hydrogen-bond acceptors (Lipinski definition) is 5. The Labute approximate surface area is 197 Å². The molecule has 0 amide bonds. The van der Waals surface area contributed by atoms with Crippen molar-refractivity contribution in [1.82, 2.24) is 0 Å². The van der Waals surface area contributed by atoms with Gasteiger partial charge >= 0.3 is 0 Å². The molecular weight excluding hydrogens is 516 g/mol. The van der Waals surface area contributed by atoms with Crippen LogP contribution in [0.3, 0.4) is 0 Å². The highest BCUT2D eigenvalue weighted by molar-refractivity contribution is 9.10. The summed E-state index contributed by atoms with van der Waals surface area (Å²) in [6, 6.07) is 18.4. The molecule has 4 aromatic rings. The molecule has 0 spiro atoms. The Bertz CT molecular complexity index is 1520. The number of carbonyl (C=O) groups is 1. The maximum absolute atomic E-state index is 13.4. The van der Waals surface area contributed by atoms with Crippen LogP contribution in [-0.4, -0.2) is 14.2 Å². The summed E-state index contributed by atoms with van der Waals surface area (Å²) in [7, 11) is -4.26. The second-order valence-electron chi connectivity index (χ2n) is 6.82. The molecule has 0 N–H and O–H groups in total. The van der Waals surface area contributed by atoms with Crippen molar-refractivity contribution in [2.75, 3.05) is 0 Å². The highest BCUT2D eigenvalue weighted by atomic mass is 79.9. The number of halogens is 2. The van der Waals surface area contributed by atoms with Gasteiger partial charge in [0, 0.05) is 15.1 Å². The summed E-state index contributed by atoms with van der Waals surface area (Å²) in [6.07, 6.45) is 2.19. The summed E-state index contributed by atoms with van der Waals surface area (Å²) in [5, 5.41) is 0.507. The number of sulfone groups is 1. The number of rotatable bonds is 5. The van der Waals surface area contributed by atoms with Gasteiger partial charge in [0.15, 0.2) is 5.43 Å². The van der Waals surface area contributed by atoms with E-state index in [0.717, 1.165) is 12.3 Å². The predicted molar refractivity (Wildman–Crippen MR) is 128 cm³/mol. The zero-order valence-electron chi connectivity index (χ0n) is 16.3. The van der Waals surface area contributed by atoms with E-state index >= 15 is 0 Å². The number of carbonyl (C=O) groups excluding carboxylic acids is 1. The molecule has 0 fully saturated rings. The number of Topliss-reactive ketones (excluding diaryl/α,β-unsaturated/α-hetero) is 1. The molecule has 160 valence electrons. The lowest BCUT2D eigenvalue weighted by molar-refractivity contribution is 0.104. The van der Waals surface area contributed by atoms with Gasteiger partial charge in [-0.15, -0.1) is 0 Å². The first-order valence-corrected chi connectivity index (χ1v) is 12.0. The molecular formula is C24H14BrClO5S. The fraction of sp³-hybridized carbons (Fsp3) is 0. The Kier molecular flexibility index (Phi) is 6.15. The molecule has 0 saturated carbocycles. The third-order valence-corrected chi connectivity index (χ3v) is 7.26. The van der Waals surface area contributed by atoms with Crippen molar-refractivity contribution in [2.45, 2.75) is 4.90 Å². The Morgan fingerprint density at radius 1 is 0.969 bits per heavy atom. The van der Waals surface area contributed by atoms with Crippen LogP contribution in [0.15, 0.2) is 103 Å². The highest BCUT2D eigenvalue weighted by Gasteiger charge is 2.28. The van der Waals surface area contributed by atoms with Gasteiger partial charge in [-0.25, -0.2) is 8.42 Å². The first kappa shape index (κ1) is 22.2. The zero-order valence-corrected chi connectivity index (χ0v) is 19.4. The van der Waals surface area contributed by atoms with Gasteiger partial charge in [0.25, 0.3) is 0 Å². The fourth-order valence-corrected chi connectivity index (χ4v) is 4.93. The second kappa shape index (κ2) is 8.86. The third kappa shape index (κ3) is 4.32. The average Bonchev–Trinajstić information content (AvgIpc) is 2.79. The Hall–Kier alpha value is -3.00. The van der Waals surface area contributed by atoms with Crippen LogP contribution in [0, 0.1) is 0 Å². The van der Waals surface area contributed by atoms with Gasteiger partial charge in [-0.05, 0) is 48.5 Å². The summed E-state index contributed by atoms with van der Waals surface area (Å²) < 4.78 is 33.0. The van der Waals surface area contributed by atoms with Crippen molar-refractivity contribution in [3.05, 3.63) is 115 Å². The Balaban J connectivity index is 1.96. The molecule has 0 saturated heterocycles. The summed E-state index contributed by atoms with van der Waals surface area (Å²) in [4.78, 5) is 25.6. The number of allylic oxidation sites excluding steroid dienone is 1. The second-order valence-corrected chi connectivity index (χ2v) is 10.1. The van der Waals surface area contributed by atoms with E-state index in [1.54, 1.807) is 42.5 Å². The van der Waals surface area contributed by atoms with E-state index in [1.165, 1.54) is 30.3 Å². The predicted octanol–water partition coefficient (Wildman–Crippen LogP) is 5.91. The van der Waals surface area contributed by atoms with Gasteiger partial charge in [0.05, 0.1) is 15.8 Å². The third-order valence-electron chi connectivity index (χ3n) is 4.72. The highest BCUT2D eigenvalue weighted by Crippen LogP contribution is 2.26. The molecule has 0 radical (unpaired) electrons. The van der Waals surface area contributed by atoms with E-state index in [9.17, 15) is 18.0 Å². The van der Waals surface area contributed by atoms with Gasteiger partial charge in [-0.3, -0.25) is 9.59 Å². The normalized spacial score (nSPS) is 12.1. The molecule has 32 heavy (non-hydrogen) atoms. The summed E-state index contributed by atoms with van der Waals surface area (Å²) >= 11 is 9.26. The van der Waals surface area contributed by atoms with Gasteiger partial charge in [-0.1, -0.05) is 57.9 Å². The molecule has 0 atom stereocenters. The molecule has 1 aromatic heterocycles. The molecule has 1 heterocycles. The van der Waals surface area contributed by atoms with Gasteiger partial charge in [-0.2, -0.15) is 0 Å². The van der Waals surface area contributed by atoms with E-state index < -0.39 is 26.0 Å². The number of hydrogen-bond donors (Lipinski definition) is 0. The molecule has 0 aliphatic rings. The topological polar surface area (TPSA) is 81.4 Å². The van der Waals surface area contributed by atoms with Crippen LogP contribution in [0.25, 0.3) is 17.0 Å². The number of benzene rings is 3. The van der Waals surface area contributed by atoms with Crippen LogP contribution in [0.5, 0.6) is 0 Å². The molecule has 5 nitrogen and oxygen atoms in total. The quantitative estimate of drug-likeness (QED) is 0.237. The SMILES string of the molecule is O=C(/C(=C\c1coc2ccc(Cl)cc2c1=O)S(=O)(=O)c1ccc(Br)cc1)c1ccccc1. The van der Waals surface area contributed by atoms with Crippen molar-refractivity contribution in [2.24, 2.45) is 0 Å². The molecule has 3 aromatic carbocycles. The lowest BCUT2D eigenvalue weighted by atomic mass is 10.1. The monoisotopic (exact) mass is 528 g/mol. The summed E-state index contributed by atoms with van der Waals surface area (Å²) in [6.45, 7) is 0. The van der Waals surface area contributed by atoms with Crippen LogP contribution < -0.4 is 5.43 Å². The Morgan fingerprint density at radius 3 is 2.34 bits per heavy atom. The van der Waals surface area contributed by atoms with Gasteiger partial charge in [0.1, 0.15) is 16.8 Å². The lowest BCUT2D eigenvalue weighted by Crippen LogP contribution is -2.16. The first-order chi connectivity index (χ1) is 15.3. The largest absolute Gasteiger partial charge is 0.463 e. The number of fused-ring (bicyclic) bond motifs is 1. The molecule has 0 aliphatic heterocycles. The average molecular weight is 530 g/mol. The van der Waals surface area contributed by atoms with E-state index in [-0.39, 0.29) is 21.4 Å². The van der Waals surface area contributed by atoms with E-state index in [2.05, 4.69) is 15.9 Å². The van der Waals surface area contributed by atoms with Gasteiger partial charge < -0.3 is 4.42 Å². The standard InChI is InChI=1S/C24H14BrClO5S/c25-17-6-9-19(10-7-17)32(29,30)22(24(28)15-4-2-1-3-5-15)12-16-14-31-21-11-8-18(26)13-20(21)23(16)27/h1-14H/b22-12+. The van der Waals surface area contributed by atoms with Crippen LogP contribution in [0.1, 0.15) is 15.9 Å². The molecule has 0 unspecified atom stereocenters.